The molecule has 1 amide bonds. The van der Waals surface area contributed by atoms with Gasteiger partial charge in [-0.3, -0.25) is 9.59 Å². The van der Waals surface area contributed by atoms with Crippen LogP contribution in [0.1, 0.15) is 27.2 Å². The zero-order chi connectivity index (χ0) is 19.8. The lowest BCUT2D eigenvalue weighted by Crippen LogP contribution is -2.37. The van der Waals surface area contributed by atoms with Gasteiger partial charge >= 0.3 is 0 Å². The van der Waals surface area contributed by atoms with E-state index in [0.717, 1.165) is 36.0 Å². The zero-order valence-corrected chi connectivity index (χ0v) is 16.7. The number of rotatable bonds is 4. The second kappa shape index (κ2) is 7.33. The van der Waals surface area contributed by atoms with E-state index in [1.807, 2.05) is 75.6 Å². The van der Waals surface area contributed by atoms with Gasteiger partial charge in [-0.05, 0) is 42.0 Å². The molecular formula is C24H20N2O2S. The number of aryl methyl sites for hydroxylation is 1. The van der Waals surface area contributed by atoms with E-state index in [4.69, 9.17) is 0 Å². The molecule has 0 unspecified atom stereocenters. The molecule has 1 aliphatic heterocycles. The van der Waals surface area contributed by atoms with Gasteiger partial charge in [0.15, 0.2) is 0 Å². The third kappa shape index (κ3) is 3.17. The summed E-state index contributed by atoms with van der Waals surface area (Å²) in [7, 11) is 0. The molecule has 5 heteroatoms. The maximum absolute atomic E-state index is 13.2. The van der Waals surface area contributed by atoms with Crippen LogP contribution in [0, 0.1) is 0 Å². The summed E-state index contributed by atoms with van der Waals surface area (Å²) in [5.41, 5.74) is 3.79. The van der Waals surface area contributed by atoms with Crippen LogP contribution in [0.25, 0.3) is 10.9 Å². The molecule has 0 spiro atoms. The summed E-state index contributed by atoms with van der Waals surface area (Å²) in [6.07, 6.45) is 3.81. The Morgan fingerprint density at radius 2 is 1.79 bits per heavy atom. The monoisotopic (exact) mass is 400 g/mol. The van der Waals surface area contributed by atoms with Crippen molar-refractivity contribution < 1.29 is 9.59 Å². The largest absolute Gasteiger partial charge is 0.337 e. The Morgan fingerprint density at radius 1 is 0.966 bits per heavy atom. The number of carbonyl (C=O) groups excluding carboxylic acids is 2. The first-order valence-corrected chi connectivity index (χ1v) is 10.6. The summed E-state index contributed by atoms with van der Waals surface area (Å²) in [6.45, 7) is 0.947. The SMILES string of the molecule is O=C(c1cccs1)c1cn(CC(=O)N2CCCc3ccccc32)c2ccccc12. The van der Waals surface area contributed by atoms with Crippen molar-refractivity contribution in [3.63, 3.8) is 0 Å². The lowest BCUT2D eigenvalue weighted by Gasteiger charge is -2.29. The number of hydrogen-bond donors (Lipinski definition) is 0. The van der Waals surface area contributed by atoms with Crippen molar-refractivity contribution in [1.29, 1.82) is 0 Å². The van der Waals surface area contributed by atoms with Gasteiger partial charge in [-0.1, -0.05) is 42.5 Å². The number of para-hydroxylation sites is 2. The molecule has 0 radical (unpaired) electrons. The van der Waals surface area contributed by atoms with E-state index in [0.29, 0.717) is 10.4 Å². The average Bonchev–Trinajstić information content (AvgIpc) is 3.42. The summed E-state index contributed by atoms with van der Waals surface area (Å²) in [5.74, 6) is 0.0544. The first-order chi connectivity index (χ1) is 14.2. The van der Waals surface area contributed by atoms with Gasteiger partial charge < -0.3 is 9.47 Å². The van der Waals surface area contributed by atoms with E-state index in [1.165, 1.54) is 16.9 Å². The van der Waals surface area contributed by atoms with Crippen LogP contribution >= 0.6 is 11.3 Å². The Bertz CT molecular complexity index is 1210. The number of aromatic nitrogens is 1. The van der Waals surface area contributed by atoms with Crippen molar-refractivity contribution in [1.82, 2.24) is 4.57 Å². The molecule has 0 saturated carbocycles. The van der Waals surface area contributed by atoms with Gasteiger partial charge in [0.05, 0.1) is 4.88 Å². The van der Waals surface area contributed by atoms with Crippen molar-refractivity contribution in [2.75, 3.05) is 11.4 Å². The summed E-state index contributed by atoms with van der Waals surface area (Å²) in [5, 5.41) is 2.79. The van der Waals surface area contributed by atoms with Crippen LogP contribution in [-0.2, 0) is 17.8 Å². The second-order valence-corrected chi connectivity index (χ2v) is 8.22. The molecule has 4 nitrogen and oxygen atoms in total. The molecule has 5 rings (SSSR count). The van der Waals surface area contributed by atoms with Crippen molar-refractivity contribution >= 4 is 39.6 Å². The van der Waals surface area contributed by atoms with Gasteiger partial charge in [-0.2, -0.15) is 0 Å². The fourth-order valence-electron chi connectivity index (χ4n) is 4.12. The minimum absolute atomic E-state index is 0.00529. The third-order valence-electron chi connectivity index (χ3n) is 5.50. The highest BCUT2D eigenvalue weighted by molar-refractivity contribution is 7.12. The molecule has 144 valence electrons. The molecule has 3 heterocycles. The molecule has 4 aromatic rings. The normalized spacial score (nSPS) is 13.4. The summed E-state index contributed by atoms with van der Waals surface area (Å²) < 4.78 is 1.91. The van der Waals surface area contributed by atoms with Crippen LogP contribution < -0.4 is 4.90 Å². The molecule has 0 bridgehead atoms. The number of amides is 1. The predicted octanol–water partition coefficient (Wildman–Crippen LogP) is 4.91. The van der Waals surface area contributed by atoms with Crippen LogP contribution in [0.3, 0.4) is 0 Å². The van der Waals surface area contributed by atoms with E-state index >= 15 is 0 Å². The fourth-order valence-corrected chi connectivity index (χ4v) is 4.80. The fraction of sp³-hybridized carbons (Fsp3) is 0.167. The van der Waals surface area contributed by atoms with Gasteiger partial charge in [0.2, 0.25) is 11.7 Å². The topological polar surface area (TPSA) is 42.3 Å². The van der Waals surface area contributed by atoms with Gasteiger partial charge in [-0.15, -0.1) is 11.3 Å². The number of anilines is 1. The average molecular weight is 401 g/mol. The standard InChI is InChI=1S/C24H20N2O2S/c27-23(26-13-5-8-17-7-1-3-10-20(17)26)16-25-15-19(18-9-2-4-11-21(18)25)24(28)22-12-6-14-29-22/h1-4,6-7,9-12,14-15H,5,8,13,16H2. The van der Waals surface area contributed by atoms with Crippen LogP contribution in [0.2, 0.25) is 0 Å². The Morgan fingerprint density at radius 3 is 2.66 bits per heavy atom. The number of hydrogen-bond acceptors (Lipinski definition) is 3. The van der Waals surface area contributed by atoms with Crippen LogP contribution in [0.5, 0.6) is 0 Å². The Kier molecular flexibility index (Phi) is 4.52. The molecule has 0 saturated heterocycles. The quantitative estimate of drug-likeness (QED) is 0.457. The van der Waals surface area contributed by atoms with E-state index in [-0.39, 0.29) is 18.2 Å². The molecule has 2 aromatic carbocycles. The van der Waals surface area contributed by atoms with Gasteiger partial charge in [0, 0.05) is 34.9 Å². The summed E-state index contributed by atoms with van der Waals surface area (Å²) in [4.78, 5) is 28.8. The lowest BCUT2D eigenvalue weighted by molar-refractivity contribution is -0.119. The second-order valence-electron chi connectivity index (χ2n) is 7.27. The maximum atomic E-state index is 13.2. The lowest BCUT2D eigenvalue weighted by atomic mass is 10.0. The van der Waals surface area contributed by atoms with Crippen molar-refractivity contribution in [2.45, 2.75) is 19.4 Å². The minimum atomic E-state index is 0.00529. The number of thiophene rings is 1. The van der Waals surface area contributed by atoms with Crippen LogP contribution in [0.15, 0.2) is 72.2 Å². The van der Waals surface area contributed by atoms with E-state index in [2.05, 4.69) is 6.07 Å². The number of benzene rings is 2. The predicted molar refractivity (Wildman–Crippen MR) is 117 cm³/mol. The highest BCUT2D eigenvalue weighted by Crippen LogP contribution is 2.29. The molecular weight excluding hydrogens is 380 g/mol. The molecule has 0 N–H and O–H groups in total. The Balaban J connectivity index is 1.50. The highest BCUT2D eigenvalue weighted by atomic mass is 32.1. The summed E-state index contributed by atoms with van der Waals surface area (Å²) >= 11 is 1.44. The van der Waals surface area contributed by atoms with Crippen molar-refractivity contribution in [3.8, 4) is 0 Å². The van der Waals surface area contributed by atoms with Crippen molar-refractivity contribution in [3.05, 3.63) is 88.2 Å². The smallest absolute Gasteiger partial charge is 0.246 e. The number of ketones is 1. The molecule has 29 heavy (non-hydrogen) atoms. The first kappa shape index (κ1) is 17.9. The number of nitrogens with zero attached hydrogens (tertiary/aromatic N) is 2. The first-order valence-electron chi connectivity index (χ1n) is 9.77. The molecule has 0 aliphatic carbocycles. The zero-order valence-electron chi connectivity index (χ0n) is 15.9. The van der Waals surface area contributed by atoms with E-state index in [9.17, 15) is 9.59 Å². The highest BCUT2D eigenvalue weighted by Gasteiger charge is 2.24. The third-order valence-corrected chi connectivity index (χ3v) is 6.36. The van der Waals surface area contributed by atoms with Crippen LogP contribution in [0.4, 0.5) is 5.69 Å². The van der Waals surface area contributed by atoms with Crippen LogP contribution in [-0.4, -0.2) is 22.8 Å². The molecule has 1 aliphatic rings. The number of carbonyl (C=O) groups is 2. The van der Waals surface area contributed by atoms with Crippen molar-refractivity contribution in [2.24, 2.45) is 0 Å². The minimum Gasteiger partial charge on any atom is -0.337 e. The van der Waals surface area contributed by atoms with Gasteiger partial charge in [-0.25, -0.2) is 0 Å². The molecule has 2 aromatic heterocycles. The summed E-state index contributed by atoms with van der Waals surface area (Å²) in [6, 6.07) is 19.6. The number of fused-ring (bicyclic) bond motifs is 2. The van der Waals surface area contributed by atoms with Gasteiger partial charge in [0.25, 0.3) is 0 Å². The van der Waals surface area contributed by atoms with E-state index in [1.54, 1.807) is 0 Å². The molecule has 0 fully saturated rings. The van der Waals surface area contributed by atoms with Gasteiger partial charge in [0.1, 0.15) is 6.54 Å². The maximum Gasteiger partial charge on any atom is 0.246 e. The Labute approximate surface area is 173 Å². The van der Waals surface area contributed by atoms with E-state index < -0.39 is 0 Å². The Hall–Kier alpha value is -3.18. The molecule has 0 atom stereocenters.